The molecule has 0 spiro atoms. The zero-order chi connectivity index (χ0) is 21.8. The van der Waals surface area contributed by atoms with E-state index >= 15 is 0 Å². The average Bonchev–Trinajstić information content (AvgIpc) is 3.19. The van der Waals surface area contributed by atoms with Gasteiger partial charge in [-0.05, 0) is 42.2 Å². The van der Waals surface area contributed by atoms with Crippen molar-refractivity contribution in [1.29, 1.82) is 0 Å². The Morgan fingerprint density at radius 1 is 1.19 bits per heavy atom. The van der Waals surface area contributed by atoms with E-state index in [1.165, 1.54) is 11.1 Å². The molecule has 0 bridgehead atoms. The summed E-state index contributed by atoms with van der Waals surface area (Å²) in [6.45, 7) is 5.64. The minimum Gasteiger partial charge on any atom is -0.482 e. The number of amides is 1. The molecule has 162 valence electrons. The monoisotopic (exact) mass is 437 g/mol. The summed E-state index contributed by atoms with van der Waals surface area (Å²) in [4.78, 5) is 17.8. The molecule has 1 aliphatic rings. The van der Waals surface area contributed by atoms with Gasteiger partial charge in [0.15, 0.2) is 11.4 Å². The molecule has 0 saturated heterocycles. The zero-order valence-corrected chi connectivity index (χ0v) is 18.9. The second kappa shape index (κ2) is 9.49. The van der Waals surface area contributed by atoms with Gasteiger partial charge in [-0.25, -0.2) is 4.99 Å². The zero-order valence-electron chi connectivity index (χ0n) is 18.1. The number of fused-ring (bicyclic) bond motifs is 1. The van der Waals surface area contributed by atoms with Crippen LogP contribution in [0.15, 0.2) is 46.8 Å². The highest BCUT2D eigenvalue weighted by atomic mass is 32.1. The van der Waals surface area contributed by atoms with E-state index in [2.05, 4.69) is 47.3 Å². The number of carbonyl (C=O) groups excluding carboxylic acids is 1. The number of anilines is 1. The molecule has 7 heteroatoms. The van der Waals surface area contributed by atoms with Crippen molar-refractivity contribution >= 4 is 28.6 Å². The predicted octanol–water partition coefficient (Wildman–Crippen LogP) is 4.55. The number of rotatable bonds is 7. The Kier molecular flexibility index (Phi) is 6.53. The standard InChI is InChI=1S/C24H27N3O3S/c1-4-16-7-6-8-17(5-2)23(16)26-24-27(11-12-29-3)20(15-31-24)18-9-10-21-19(13-18)25-22(28)14-30-21/h6-10,13,15H,4-5,11-12,14H2,1-3H3,(H,25,28). The number of ether oxygens (including phenoxy) is 2. The van der Waals surface area contributed by atoms with Gasteiger partial charge in [-0.15, -0.1) is 11.3 Å². The minimum atomic E-state index is -0.138. The second-order valence-corrected chi connectivity index (χ2v) is 8.18. The van der Waals surface area contributed by atoms with E-state index < -0.39 is 0 Å². The predicted molar refractivity (Wildman–Crippen MR) is 124 cm³/mol. The Hall–Kier alpha value is -2.90. The van der Waals surface area contributed by atoms with E-state index in [1.54, 1.807) is 18.4 Å². The molecule has 1 aliphatic heterocycles. The van der Waals surface area contributed by atoms with Crippen molar-refractivity contribution in [2.45, 2.75) is 33.2 Å². The smallest absolute Gasteiger partial charge is 0.262 e. The molecular weight excluding hydrogens is 410 g/mol. The highest BCUT2D eigenvalue weighted by Gasteiger charge is 2.18. The molecule has 6 nitrogen and oxygen atoms in total. The van der Waals surface area contributed by atoms with Gasteiger partial charge in [0.05, 0.1) is 23.7 Å². The number of methoxy groups -OCH3 is 1. The van der Waals surface area contributed by atoms with Gasteiger partial charge in [-0.1, -0.05) is 32.0 Å². The van der Waals surface area contributed by atoms with Crippen molar-refractivity contribution in [3.63, 3.8) is 0 Å². The van der Waals surface area contributed by atoms with Gasteiger partial charge in [0.25, 0.3) is 5.91 Å². The molecule has 0 atom stereocenters. The quantitative estimate of drug-likeness (QED) is 0.590. The van der Waals surface area contributed by atoms with Crippen molar-refractivity contribution < 1.29 is 14.3 Å². The maximum Gasteiger partial charge on any atom is 0.262 e. The van der Waals surface area contributed by atoms with Gasteiger partial charge in [-0.2, -0.15) is 0 Å². The van der Waals surface area contributed by atoms with Gasteiger partial charge in [0.2, 0.25) is 0 Å². The first-order chi connectivity index (χ1) is 15.1. The van der Waals surface area contributed by atoms with Crippen LogP contribution < -0.4 is 14.9 Å². The number of hydrogen-bond acceptors (Lipinski definition) is 5. The largest absolute Gasteiger partial charge is 0.482 e. The normalized spacial score (nSPS) is 13.6. The highest BCUT2D eigenvalue weighted by Crippen LogP contribution is 2.33. The van der Waals surface area contributed by atoms with Crippen molar-refractivity contribution in [3.8, 4) is 17.0 Å². The van der Waals surface area contributed by atoms with Crippen LogP contribution in [0.25, 0.3) is 11.3 Å². The lowest BCUT2D eigenvalue weighted by atomic mass is 10.0. The van der Waals surface area contributed by atoms with E-state index in [0.717, 1.165) is 34.6 Å². The number of hydrogen-bond donors (Lipinski definition) is 1. The highest BCUT2D eigenvalue weighted by molar-refractivity contribution is 7.07. The molecule has 0 radical (unpaired) electrons. The summed E-state index contributed by atoms with van der Waals surface area (Å²) in [7, 11) is 1.71. The molecule has 2 aromatic carbocycles. The van der Waals surface area contributed by atoms with Crippen LogP contribution in [0.4, 0.5) is 11.4 Å². The Bertz CT molecular complexity index is 1140. The van der Waals surface area contributed by atoms with Gasteiger partial charge >= 0.3 is 0 Å². The third-order valence-electron chi connectivity index (χ3n) is 5.40. The van der Waals surface area contributed by atoms with E-state index in [1.807, 2.05) is 18.2 Å². The molecule has 1 aromatic heterocycles. The van der Waals surface area contributed by atoms with Crippen LogP contribution in [-0.4, -0.2) is 30.8 Å². The van der Waals surface area contributed by atoms with Gasteiger partial charge < -0.3 is 19.4 Å². The van der Waals surface area contributed by atoms with Gasteiger partial charge in [0, 0.05) is 24.6 Å². The van der Waals surface area contributed by atoms with Crippen LogP contribution >= 0.6 is 11.3 Å². The van der Waals surface area contributed by atoms with Crippen LogP contribution in [0.3, 0.4) is 0 Å². The van der Waals surface area contributed by atoms with Crippen LogP contribution in [0.1, 0.15) is 25.0 Å². The first-order valence-corrected chi connectivity index (χ1v) is 11.4. The first kappa shape index (κ1) is 21.3. The molecule has 4 rings (SSSR count). The third-order valence-corrected chi connectivity index (χ3v) is 6.26. The van der Waals surface area contributed by atoms with Crippen molar-refractivity contribution in [1.82, 2.24) is 4.57 Å². The number of carbonyl (C=O) groups is 1. The van der Waals surface area contributed by atoms with E-state index in [0.29, 0.717) is 24.6 Å². The lowest BCUT2D eigenvalue weighted by Gasteiger charge is -2.19. The number of nitrogens with one attached hydrogen (secondary N) is 1. The summed E-state index contributed by atoms with van der Waals surface area (Å²) in [6, 6.07) is 12.3. The molecule has 31 heavy (non-hydrogen) atoms. The lowest BCUT2D eigenvalue weighted by molar-refractivity contribution is -0.118. The molecule has 3 aromatic rings. The maximum absolute atomic E-state index is 11.7. The summed E-state index contributed by atoms with van der Waals surface area (Å²) in [5.74, 6) is 0.553. The Morgan fingerprint density at radius 3 is 2.68 bits per heavy atom. The Morgan fingerprint density at radius 2 is 1.97 bits per heavy atom. The number of nitrogens with zero attached hydrogens (tertiary/aromatic N) is 2. The first-order valence-electron chi connectivity index (χ1n) is 10.5. The van der Waals surface area contributed by atoms with Crippen LogP contribution in [0.2, 0.25) is 0 Å². The SMILES string of the molecule is CCc1cccc(CC)c1N=c1scc(-c2ccc3c(c2)NC(=O)CO3)n1CCOC. The molecule has 0 fully saturated rings. The fourth-order valence-electron chi connectivity index (χ4n) is 3.74. The summed E-state index contributed by atoms with van der Waals surface area (Å²) in [5.41, 5.74) is 6.30. The van der Waals surface area contributed by atoms with Gasteiger partial charge in [0.1, 0.15) is 5.75 Å². The minimum absolute atomic E-state index is 0.0538. The molecular formula is C24H27N3O3S. The molecule has 2 heterocycles. The number of para-hydroxylation sites is 1. The molecule has 1 amide bonds. The van der Waals surface area contributed by atoms with Crippen LogP contribution in [0, 0.1) is 0 Å². The number of benzene rings is 2. The number of aryl methyl sites for hydroxylation is 2. The number of aromatic nitrogens is 1. The van der Waals surface area contributed by atoms with E-state index in [-0.39, 0.29) is 12.5 Å². The summed E-state index contributed by atoms with van der Waals surface area (Å²) in [6.07, 6.45) is 1.88. The van der Waals surface area contributed by atoms with Crippen molar-refractivity contribution in [3.05, 3.63) is 57.7 Å². The fourth-order valence-corrected chi connectivity index (χ4v) is 4.69. The lowest BCUT2D eigenvalue weighted by Crippen LogP contribution is -2.25. The van der Waals surface area contributed by atoms with E-state index in [4.69, 9.17) is 14.5 Å². The molecule has 1 N–H and O–H groups in total. The summed E-state index contributed by atoms with van der Waals surface area (Å²) >= 11 is 1.61. The summed E-state index contributed by atoms with van der Waals surface area (Å²) in [5, 5.41) is 5.00. The topological polar surface area (TPSA) is 64.8 Å². The van der Waals surface area contributed by atoms with E-state index in [9.17, 15) is 4.79 Å². The van der Waals surface area contributed by atoms with Crippen molar-refractivity contribution in [2.75, 3.05) is 25.6 Å². The van der Waals surface area contributed by atoms with Gasteiger partial charge in [-0.3, -0.25) is 4.79 Å². The molecule has 0 aliphatic carbocycles. The third kappa shape index (κ3) is 4.43. The Labute approximate surface area is 186 Å². The fraction of sp³-hybridized carbons (Fsp3) is 0.333. The van der Waals surface area contributed by atoms with Crippen molar-refractivity contribution in [2.24, 2.45) is 4.99 Å². The van der Waals surface area contributed by atoms with Crippen LogP contribution in [0.5, 0.6) is 5.75 Å². The average molecular weight is 438 g/mol. The summed E-state index contributed by atoms with van der Waals surface area (Å²) < 4.78 is 13.1. The Balaban J connectivity index is 1.84. The second-order valence-electron chi connectivity index (χ2n) is 7.34. The molecule has 0 unspecified atom stereocenters. The number of thiazole rings is 1. The maximum atomic E-state index is 11.7. The molecule has 0 saturated carbocycles. The van der Waals surface area contributed by atoms with Crippen LogP contribution in [-0.2, 0) is 28.9 Å².